The Morgan fingerprint density at radius 1 is 0.271 bits per heavy atom. The maximum Gasteiger partial charge on any atom is 0.143 e. The minimum absolute atomic E-state index is 0.895. The van der Waals surface area contributed by atoms with Crippen LogP contribution >= 0.6 is 0 Å². The summed E-state index contributed by atoms with van der Waals surface area (Å²) in [5.74, 6) is 0. The van der Waals surface area contributed by atoms with Crippen molar-refractivity contribution in [3.8, 4) is 22.5 Å². The predicted molar refractivity (Wildman–Crippen MR) is 295 cm³/mol. The Balaban J connectivity index is 1.03. The van der Waals surface area contributed by atoms with E-state index >= 15 is 0 Å². The maximum absolute atomic E-state index is 6.56. The maximum atomic E-state index is 6.56. The lowest BCUT2D eigenvalue weighted by Gasteiger charge is -2.28. The molecule has 12 aromatic carbocycles. The summed E-state index contributed by atoms with van der Waals surface area (Å²) in [4.78, 5) is 2.45. The standard InChI is InChI=1S/C66H41N3O/c1-2-18-51-49(16-1)50-17-3-4-19-52(50)60-41-44(36-37-53(51)60)67(43-34-32-42(33-35-43)48-25-15-26-59-58-24-9-14-31-65(58)70-66(48)59)45-38-46(68-61-27-10-5-20-54(61)55-21-6-11-28-62(55)68)40-47(39-45)69-63-29-12-7-22-56(63)57-23-8-13-30-64(57)69/h1-41H. The van der Waals surface area contributed by atoms with Gasteiger partial charge in [0.1, 0.15) is 11.2 Å². The van der Waals surface area contributed by atoms with Gasteiger partial charge in [-0.25, -0.2) is 0 Å². The predicted octanol–water partition coefficient (Wildman–Crippen LogP) is 18.4. The van der Waals surface area contributed by atoms with E-state index in [1.807, 2.05) is 6.07 Å². The van der Waals surface area contributed by atoms with Crippen LogP contribution in [0.4, 0.5) is 17.1 Å². The number of rotatable bonds is 6. The van der Waals surface area contributed by atoms with Gasteiger partial charge in [0.2, 0.25) is 0 Å². The van der Waals surface area contributed by atoms with E-state index in [1.54, 1.807) is 0 Å². The summed E-state index contributed by atoms with van der Waals surface area (Å²) in [6.07, 6.45) is 0. The summed E-state index contributed by atoms with van der Waals surface area (Å²) in [7, 11) is 0. The van der Waals surface area contributed by atoms with Crippen LogP contribution < -0.4 is 4.90 Å². The average Bonchev–Trinajstić information content (AvgIpc) is 4.09. The molecule has 15 rings (SSSR count). The van der Waals surface area contributed by atoms with Gasteiger partial charge in [0.05, 0.1) is 39.1 Å². The van der Waals surface area contributed by atoms with Crippen LogP contribution in [0, 0.1) is 0 Å². The van der Waals surface area contributed by atoms with Gasteiger partial charge in [0.25, 0.3) is 0 Å². The first-order chi connectivity index (χ1) is 34.7. The third-order valence-electron chi connectivity index (χ3n) is 14.6. The molecule has 3 aromatic heterocycles. The lowest BCUT2D eigenvalue weighted by atomic mass is 9.94. The molecule has 0 amide bonds. The van der Waals surface area contributed by atoms with Crippen LogP contribution in [0.5, 0.6) is 0 Å². The highest BCUT2D eigenvalue weighted by atomic mass is 16.3. The number of hydrogen-bond acceptors (Lipinski definition) is 2. The summed E-state index contributed by atoms with van der Waals surface area (Å²) >= 11 is 0. The van der Waals surface area contributed by atoms with E-state index in [-0.39, 0.29) is 0 Å². The molecule has 0 fully saturated rings. The van der Waals surface area contributed by atoms with Crippen LogP contribution in [0.1, 0.15) is 0 Å². The van der Waals surface area contributed by atoms with E-state index in [4.69, 9.17) is 4.42 Å². The molecule has 0 aliphatic heterocycles. The zero-order valence-electron chi connectivity index (χ0n) is 37.9. The number of aromatic nitrogens is 2. The zero-order chi connectivity index (χ0) is 45.9. The number of furan rings is 1. The molecule has 0 aliphatic rings. The lowest BCUT2D eigenvalue weighted by Crippen LogP contribution is -2.12. The van der Waals surface area contributed by atoms with E-state index in [1.165, 1.54) is 53.9 Å². The molecular formula is C66H41N3O. The first-order valence-electron chi connectivity index (χ1n) is 24.0. The Bertz CT molecular complexity index is 4330. The highest BCUT2D eigenvalue weighted by molar-refractivity contribution is 6.26. The Labute approximate surface area is 402 Å². The van der Waals surface area contributed by atoms with Crippen molar-refractivity contribution < 1.29 is 4.42 Å². The van der Waals surface area contributed by atoms with Gasteiger partial charge in [-0.2, -0.15) is 0 Å². The molecule has 326 valence electrons. The molecule has 0 unspecified atom stereocenters. The summed E-state index contributed by atoms with van der Waals surface area (Å²) in [5.41, 5.74) is 13.9. The molecule has 4 nitrogen and oxygen atoms in total. The molecule has 0 radical (unpaired) electrons. The van der Waals surface area contributed by atoms with Crippen LogP contribution in [-0.4, -0.2) is 9.13 Å². The third-order valence-corrected chi connectivity index (χ3v) is 14.6. The number of nitrogens with zero attached hydrogens (tertiary/aromatic N) is 3. The molecule has 4 heteroatoms. The number of benzene rings is 12. The molecule has 70 heavy (non-hydrogen) atoms. The van der Waals surface area contributed by atoms with Gasteiger partial charge in [0, 0.05) is 49.3 Å². The van der Waals surface area contributed by atoms with E-state index in [0.717, 1.165) is 83.6 Å². The van der Waals surface area contributed by atoms with Crippen molar-refractivity contribution in [1.29, 1.82) is 0 Å². The molecule has 0 spiro atoms. The molecule has 0 bridgehead atoms. The van der Waals surface area contributed by atoms with Gasteiger partial charge in [0.15, 0.2) is 0 Å². The Kier molecular flexibility index (Phi) is 8.33. The molecule has 0 atom stereocenters. The fraction of sp³-hybridized carbons (Fsp3) is 0. The molecule has 0 aliphatic carbocycles. The van der Waals surface area contributed by atoms with Gasteiger partial charge < -0.3 is 18.5 Å². The van der Waals surface area contributed by atoms with Crippen LogP contribution in [0.15, 0.2) is 253 Å². The van der Waals surface area contributed by atoms with Crippen LogP contribution in [0.3, 0.4) is 0 Å². The smallest absolute Gasteiger partial charge is 0.143 e. The van der Waals surface area contributed by atoms with Crippen LogP contribution in [0.25, 0.3) is 120 Å². The average molecular weight is 892 g/mol. The normalized spacial score (nSPS) is 12.0. The van der Waals surface area contributed by atoms with Gasteiger partial charge in [-0.15, -0.1) is 0 Å². The van der Waals surface area contributed by atoms with Crippen molar-refractivity contribution in [2.75, 3.05) is 4.90 Å². The zero-order valence-corrected chi connectivity index (χ0v) is 37.9. The Morgan fingerprint density at radius 3 is 1.21 bits per heavy atom. The molecule has 0 saturated carbocycles. The van der Waals surface area contributed by atoms with E-state index in [2.05, 4.69) is 257 Å². The topological polar surface area (TPSA) is 26.2 Å². The summed E-state index contributed by atoms with van der Waals surface area (Å²) in [6, 6.07) is 90.8. The van der Waals surface area contributed by atoms with Gasteiger partial charge in [-0.05, 0) is 111 Å². The second kappa shape index (κ2) is 15.1. The van der Waals surface area contributed by atoms with Crippen molar-refractivity contribution in [3.63, 3.8) is 0 Å². The number of anilines is 3. The van der Waals surface area contributed by atoms with E-state index < -0.39 is 0 Å². The first kappa shape index (κ1) is 38.7. The quantitative estimate of drug-likeness (QED) is 0.156. The number of para-hydroxylation sites is 6. The second-order valence-corrected chi connectivity index (χ2v) is 18.4. The number of fused-ring (bicyclic) bond motifs is 15. The first-order valence-corrected chi connectivity index (χ1v) is 24.0. The van der Waals surface area contributed by atoms with Crippen molar-refractivity contribution in [1.82, 2.24) is 9.13 Å². The van der Waals surface area contributed by atoms with Gasteiger partial charge in [-0.3, -0.25) is 0 Å². The van der Waals surface area contributed by atoms with Crippen molar-refractivity contribution in [3.05, 3.63) is 249 Å². The number of hydrogen-bond donors (Lipinski definition) is 0. The molecule has 15 aromatic rings. The van der Waals surface area contributed by atoms with Gasteiger partial charge in [-0.1, -0.05) is 176 Å². The summed E-state index contributed by atoms with van der Waals surface area (Å²) in [6.45, 7) is 0. The molecular weight excluding hydrogens is 851 g/mol. The Hall–Kier alpha value is -9.38. The third kappa shape index (κ3) is 5.71. The lowest BCUT2D eigenvalue weighted by molar-refractivity contribution is 0.670. The monoisotopic (exact) mass is 891 g/mol. The fourth-order valence-electron chi connectivity index (χ4n) is 11.6. The van der Waals surface area contributed by atoms with Crippen molar-refractivity contribution in [2.45, 2.75) is 0 Å². The van der Waals surface area contributed by atoms with E-state index in [0.29, 0.717) is 0 Å². The highest BCUT2D eigenvalue weighted by Crippen LogP contribution is 2.45. The molecule has 0 N–H and O–H groups in total. The van der Waals surface area contributed by atoms with Crippen molar-refractivity contribution in [2.24, 2.45) is 0 Å². The second-order valence-electron chi connectivity index (χ2n) is 18.4. The fourth-order valence-corrected chi connectivity index (χ4v) is 11.6. The summed E-state index contributed by atoms with van der Waals surface area (Å²) in [5, 5.41) is 14.6. The largest absolute Gasteiger partial charge is 0.455 e. The van der Waals surface area contributed by atoms with Crippen molar-refractivity contribution >= 4 is 115 Å². The highest BCUT2D eigenvalue weighted by Gasteiger charge is 2.22. The minimum atomic E-state index is 0.895. The SMILES string of the molecule is c1ccc2c(c1)oc1c(-c3ccc(N(c4cc(-n5c6ccccc6c6ccccc65)cc(-n5c6ccccc6c6ccccc65)c4)c4ccc5c6ccccc6c6ccccc6c5c4)cc3)cccc12. The van der Waals surface area contributed by atoms with Crippen LogP contribution in [0.2, 0.25) is 0 Å². The summed E-state index contributed by atoms with van der Waals surface area (Å²) < 4.78 is 11.5. The minimum Gasteiger partial charge on any atom is -0.455 e. The molecule has 0 saturated heterocycles. The molecule has 3 heterocycles. The van der Waals surface area contributed by atoms with E-state index in [9.17, 15) is 0 Å². The van der Waals surface area contributed by atoms with Crippen LogP contribution in [-0.2, 0) is 0 Å². The van der Waals surface area contributed by atoms with Gasteiger partial charge >= 0.3 is 0 Å². The Morgan fingerprint density at radius 2 is 0.686 bits per heavy atom.